The molecule has 3 heterocycles. The lowest BCUT2D eigenvalue weighted by Gasteiger charge is -2.25. The number of hydrogen-bond acceptors (Lipinski definition) is 6. The molecule has 1 aliphatic heterocycles. The number of carbonyl (C=O) groups is 2. The van der Waals surface area contributed by atoms with Gasteiger partial charge in [0.1, 0.15) is 5.02 Å². The molecule has 0 aromatic carbocycles. The third kappa shape index (κ3) is 6.11. The van der Waals surface area contributed by atoms with Crippen molar-refractivity contribution in [3.8, 4) is 5.88 Å². The van der Waals surface area contributed by atoms with Crippen molar-refractivity contribution >= 4 is 23.4 Å². The Morgan fingerprint density at radius 1 is 1.39 bits per heavy atom. The van der Waals surface area contributed by atoms with E-state index in [0.29, 0.717) is 22.4 Å². The number of aliphatic hydroxyl groups excluding tert-OH is 1. The Hall–Kier alpha value is -2.92. The Morgan fingerprint density at radius 3 is 2.82 bits per heavy atom. The lowest BCUT2D eigenvalue weighted by Crippen LogP contribution is -2.28. The Labute approximate surface area is 192 Å². The zero-order chi connectivity index (χ0) is 24.2. The van der Waals surface area contributed by atoms with Gasteiger partial charge in [0.2, 0.25) is 11.8 Å². The van der Waals surface area contributed by atoms with Gasteiger partial charge in [-0.15, -0.1) is 0 Å². The third-order valence-electron chi connectivity index (χ3n) is 5.13. The molecule has 8 nitrogen and oxygen atoms in total. The number of pyridine rings is 2. The summed E-state index contributed by atoms with van der Waals surface area (Å²) in [6.45, 7) is 1.32. The minimum Gasteiger partial charge on any atom is -0.476 e. The molecule has 0 saturated carbocycles. The van der Waals surface area contributed by atoms with Crippen LogP contribution < -0.4 is 10.1 Å². The van der Waals surface area contributed by atoms with Crippen LogP contribution in [0.3, 0.4) is 0 Å². The van der Waals surface area contributed by atoms with Crippen LogP contribution in [0.2, 0.25) is 5.02 Å². The molecule has 0 radical (unpaired) electrons. The number of aromatic nitrogens is 2. The molecule has 33 heavy (non-hydrogen) atoms. The fourth-order valence-corrected chi connectivity index (χ4v) is 3.63. The summed E-state index contributed by atoms with van der Waals surface area (Å²) >= 11 is 6.14. The number of nitrogens with zero attached hydrogens (tertiary/aromatic N) is 3. The number of carbonyl (C=O) groups excluding carboxylic acids is 2. The van der Waals surface area contributed by atoms with E-state index in [2.05, 4.69) is 15.3 Å². The van der Waals surface area contributed by atoms with Gasteiger partial charge in [0.05, 0.1) is 37.8 Å². The maximum Gasteiger partial charge on any atom is 0.392 e. The quantitative estimate of drug-likeness (QED) is 0.565. The number of ether oxygens (including phenoxy) is 1. The van der Waals surface area contributed by atoms with Crippen LogP contribution in [0.25, 0.3) is 0 Å². The summed E-state index contributed by atoms with van der Waals surface area (Å²) in [5.74, 6) is -0.687. The predicted molar refractivity (Wildman–Crippen MR) is 112 cm³/mol. The highest BCUT2D eigenvalue weighted by Crippen LogP contribution is 2.34. The minimum absolute atomic E-state index is 0.0317. The van der Waals surface area contributed by atoms with Crippen LogP contribution in [-0.2, 0) is 17.8 Å². The molecule has 1 atom stereocenters. The molecule has 2 amide bonds. The number of halogens is 4. The molecule has 0 fully saturated rings. The first kappa shape index (κ1) is 24.7. The summed E-state index contributed by atoms with van der Waals surface area (Å²) in [7, 11) is 0. The van der Waals surface area contributed by atoms with E-state index in [0.717, 1.165) is 0 Å². The standard InChI is InChI=1S/C21H22ClF3N4O4/c1-12(13-8-16(22)19(28-10-13)33-7-3-21(23,24)25)29-11-15-14(20(29)32)2-4-26-17(15)9-18(31)27-5-6-30/h2,4,8,10,12,30H,3,5-7,9,11H2,1H3,(H,27,31). The van der Waals surface area contributed by atoms with E-state index in [4.69, 9.17) is 21.4 Å². The summed E-state index contributed by atoms with van der Waals surface area (Å²) in [6.07, 6.45) is -2.64. The smallest absolute Gasteiger partial charge is 0.392 e. The number of fused-ring (bicyclic) bond motifs is 1. The van der Waals surface area contributed by atoms with Crippen molar-refractivity contribution in [2.45, 2.75) is 38.5 Å². The summed E-state index contributed by atoms with van der Waals surface area (Å²) in [4.78, 5) is 34.8. The molecule has 2 aromatic heterocycles. The molecule has 1 unspecified atom stereocenters. The van der Waals surface area contributed by atoms with Gasteiger partial charge < -0.3 is 20.1 Å². The van der Waals surface area contributed by atoms with Gasteiger partial charge >= 0.3 is 6.18 Å². The number of amides is 2. The second-order valence-corrected chi connectivity index (χ2v) is 7.82. The molecular weight excluding hydrogens is 465 g/mol. The molecule has 178 valence electrons. The first-order valence-electron chi connectivity index (χ1n) is 10.1. The fourth-order valence-electron chi connectivity index (χ4n) is 3.40. The van der Waals surface area contributed by atoms with Crippen molar-refractivity contribution in [3.05, 3.63) is 51.9 Å². The first-order chi connectivity index (χ1) is 15.6. The Bertz CT molecular complexity index is 1040. The Morgan fingerprint density at radius 2 is 2.15 bits per heavy atom. The molecule has 0 bridgehead atoms. The van der Waals surface area contributed by atoms with Crippen LogP contribution >= 0.6 is 11.6 Å². The molecule has 1 aliphatic rings. The third-order valence-corrected chi connectivity index (χ3v) is 5.40. The highest BCUT2D eigenvalue weighted by Gasteiger charge is 2.34. The average molecular weight is 487 g/mol. The number of alkyl halides is 3. The van der Waals surface area contributed by atoms with E-state index in [1.807, 2.05) is 0 Å². The van der Waals surface area contributed by atoms with Gasteiger partial charge in [-0.3, -0.25) is 14.6 Å². The van der Waals surface area contributed by atoms with Gasteiger partial charge in [-0.05, 0) is 24.6 Å². The van der Waals surface area contributed by atoms with Crippen molar-refractivity contribution in [2.75, 3.05) is 19.8 Å². The van der Waals surface area contributed by atoms with E-state index in [9.17, 15) is 22.8 Å². The van der Waals surface area contributed by atoms with E-state index in [1.165, 1.54) is 18.5 Å². The van der Waals surface area contributed by atoms with Crippen molar-refractivity contribution in [3.63, 3.8) is 0 Å². The highest BCUT2D eigenvalue weighted by atomic mass is 35.5. The highest BCUT2D eigenvalue weighted by molar-refractivity contribution is 6.31. The predicted octanol–water partition coefficient (Wildman–Crippen LogP) is 2.83. The largest absolute Gasteiger partial charge is 0.476 e. The Kier molecular flexibility index (Phi) is 7.75. The molecular formula is C21H22ClF3N4O4. The minimum atomic E-state index is -4.35. The molecule has 3 rings (SSSR count). The number of rotatable bonds is 9. The van der Waals surface area contributed by atoms with Crippen molar-refractivity contribution in [1.82, 2.24) is 20.2 Å². The number of hydrogen-bond donors (Lipinski definition) is 2. The fraction of sp³-hybridized carbons (Fsp3) is 0.429. The number of aliphatic hydroxyl groups is 1. The van der Waals surface area contributed by atoms with Crippen LogP contribution in [0.5, 0.6) is 5.88 Å². The van der Waals surface area contributed by atoms with Crippen molar-refractivity contribution in [2.24, 2.45) is 0 Å². The van der Waals surface area contributed by atoms with E-state index in [-0.39, 0.29) is 48.8 Å². The maximum atomic E-state index is 13.0. The van der Waals surface area contributed by atoms with E-state index in [1.54, 1.807) is 17.9 Å². The summed E-state index contributed by atoms with van der Waals surface area (Å²) in [6, 6.07) is 2.62. The SMILES string of the molecule is CC(c1cnc(OCCC(F)(F)F)c(Cl)c1)N1Cc2c(ccnc2CC(=O)NCCO)C1=O. The molecule has 0 saturated heterocycles. The molecule has 2 aromatic rings. The van der Waals surface area contributed by atoms with Crippen LogP contribution in [-0.4, -0.2) is 57.7 Å². The van der Waals surface area contributed by atoms with Gasteiger partial charge in [0, 0.05) is 36.6 Å². The second-order valence-electron chi connectivity index (χ2n) is 7.41. The monoisotopic (exact) mass is 486 g/mol. The van der Waals surface area contributed by atoms with Crippen LogP contribution in [0.15, 0.2) is 24.5 Å². The van der Waals surface area contributed by atoms with E-state index >= 15 is 0 Å². The van der Waals surface area contributed by atoms with Crippen LogP contribution in [0.1, 0.15) is 46.6 Å². The zero-order valence-corrected chi connectivity index (χ0v) is 18.4. The maximum absolute atomic E-state index is 13.0. The number of nitrogens with one attached hydrogen (secondary N) is 1. The van der Waals surface area contributed by atoms with Gasteiger partial charge in [-0.25, -0.2) is 4.98 Å². The average Bonchev–Trinajstić information content (AvgIpc) is 3.09. The Balaban J connectivity index is 1.72. The first-order valence-corrected chi connectivity index (χ1v) is 10.5. The van der Waals surface area contributed by atoms with Gasteiger partial charge in [-0.2, -0.15) is 13.2 Å². The van der Waals surface area contributed by atoms with Gasteiger partial charge in [-0.1, -0.05) is 11.6 Å². The lowest BCUT2D eigenvalue weighted by atomic mass is 10.1. The topological polar surface area (TPSA) is 105 Å². The molecule has 2 N–H and O–H groups in total. The van der Waals surface area contributed by atoms with Crippen LogP contribution in [0.4, 0.5) is 13.2 Å². The summed E-state index contributed by atoms with van der Waals surface area (Å²) in [5, 5.41) is 11.4. The summed E-state index contributed by atoms with van der Waals surface area (Å²) < 4.78 is 41.9. The molecule has 0 spiro atoms. The molecule has 12 heteroatoms. The molecule has 0 aliphatic carbocycles. The van der Waals surface area contributed by atoms with Gasteiger partial charge in [0.25, 0.3) is 5.91 Å². The van der Waals surface area contributed by atoms with E-state index < -0.39 is 25.2 Å². The zero-order valence-electron chi connectivity index (χ0n) is 17.7. The van der Waals surface area contributed by atoms with Gasteiger partial charge in [0.15, 0.2) is 0 Å². The normalized spacial score (nSPS) is 14.2. The second kappa shape index (κ2) is 10.3. The summed E-state index contributed by atoms with van der Waals surface area (Å²) in [5.41, 5.74) is 2.11. The lowest BCUT2D eigenvalue weighted by molar-refractivity contribution is -0.139. The van der Waals surface area contributed by atoms with Crippen molar-refractivity contribution < 1.29 is 32.6 Å². The van der Waals surface area contributed by atoms with Crippen molar-refractivity contribution in [1.29, 1.82) is 0 Å². The van der Waals surface area contributed by atoms with Crippen LogP contribution in [0, 0.1) is 0 Å².